The standard InChI is InChI=1S/C10H8O4/c11-8-4-2-1-3-7(8)5-6-9(12)10(13)14/h1-6,11H,(H,13,14)/p-1/b6-5+. The van der Waals surface area contributed by atoms with E-state index in [-0.39, 0.29) is 5.75 Å². The zero-order valence-corrected chi connectivity index (χ0v) is 7.14. The molecule has 4 nitrogen and oxygen atoms in total. The van der Waals surface area contributed by atoms with Crippen molar-refractivity contribution in [3.63, 3.8) is 0 Å². The van der Waals surface area contributed by atoms with Crippen molar-refractivity contribution >= 4 is 17.8 Å². The smallest absolute Gasteiger partial charge is 0.376 e. The minimum Gasteiger partial charge on any atom is -0.872 e. The van der Waals surface area contributed by atoms with E-state index in [1.165, 1.54) is 18.2 Å². The quantitative estimate of drug-likeness (QED) is 0.555. The maximum atomic E-state index is 11.1. The molecule has 0 aromatic heterocycles. The molecule has 0 unspecified atom stereocenters. The van der Waals surface area contributed by atoms with Crippen LogP contribution in [0.25, 0.3) is 6.08 Å². The van der Waals surface area contributed by atoms with Crippen LogP contribution in [-0.4, -0.2) is 16.9 Å². The topological polar surface area (TPSA) is 77.4 Å². The maximum absolute atomic E-state index is 11.1. The van der Waals surface area contributed by atoms with Gasteiger partial charge in [0.1, 0.15) is 0 Å². The molecule has 4 heteroatoms. The predicted molar refractivity (Wildman–Crippen MR) is 47.6 cm³/mol. The first-order valence-corrected chi connectivity index (χ1v) is 3.82. The Morgan fingerprint density at radius 1 is 1.29 bits per heavy atom. The Hall–Kier alpha value is -2.10. The summed E-state index contributed by atoms with van der Waals surface area (Å²) in [6, 6.07) is 6.05. The van der Waals surface area contributed by atoms with Crippen molar-refractivity contribution in [1.82, 2.24) is 0 Å². The monoisotopic (exact) mass is 191 g/mol. The summed E-state index contributed by atoms with van der Waals surface area (Å²) in [5.41, 5.74) is 0.294. The second-order valence-corrected chi connectivity index (χ2v) is 2.54. The Bertz CT molecular complexity index is 393. The number of carboxylic acid groups (broad SMARTS) is 1. The third kappa shape index (κ3) is 2.45. The van der Waals surface area contributed by atoms with Gasteiger partial charge in [-0.25, -0.2) is 4.79 Å². The lowest BCUT2D eigenvalue weighted by molar-refractivity contribution is -0.268. The van der Waals surface area contributed by atoms with Gasteiger partial charge in [-0.1, -0.05) is 30.3 Å². The van der Waals surface area contributed by atoms with Crippen LogP contribution in [0.1, 0.15) is 5.56 Å². The number of hydrogen-bond acceptors (Lipinski definition) is 3. The molecule has 1 aromatic rings. The first-order valence-electron chi connectivity index (χ1n) is 3.82. The minimum atomic E-state index is -1.54. The summed E-state index contributed by atoms with van der Waals surface area (Å²) in [6.45, 7) is 0. The van der Waals surface area contributed by atoms with Gasteiger partial charge in [-0.05, 0) is 11.6 Å². The van der Waals surface area contributed by atoms with Crippen molar-refractivity contribution in [2.45, 2.75) is 0 Å². The Kier molecular flexibility index (Phi) is 3.01. The zero-order chi connectivity index (χ0) is 10.6. The highest BCUT2D eigenvalue weighted by Crippen LogP contribution is 2.13. The molecule has 14 heavy (non-hydrogen) atoms. The number of rotatable bonds is 3. The molecule has 0 aliphatic heterocycles. The number of aliphatic carboxylic acids is 1. The first kappa shape index (κ1) is 9.98. The van der Waals surface area contributed by atoms with E-state index in [9.17, 15) is 14.7 Å². The van der Waals surface area contributed by atoms with E-state index < -0.39 is 11.8 Å². The molecule has 1 N–H and O–H groups in total. The molecule has 0 heterocycles. The Morgan fingerprint density at radius 3 is 2.50 bits per heavy atom. The van der Waals surface area contributed by atoms with Crippen molar-refractivity contribution < 1.29 is 19.8 Å². The highest BCUT2D eigenvalue weighted by molar-refractivity contribution is 6.38. The molecule has 0 fully saturated rings. The van der Waals surface area contributed by atoms with Crippen molar-refractivity contribution in [2.75, 3.05) is 0 Å². The number of ketones is 1. The van der Waals surface area contributed by atoms with Gasteiger partial charge in [0.05, 0.1) is 0 Å². The summed E-state index contributed by atoms with van der Waals surface area (Å²) in [6.07, 6.45) is 2.05. The van der Waals surface area contributed by atoms with Gasteiger partial charge < -0.3 is 10.2 Å². The molecule has 0 atom stereocenters. The molecule has 0 aliphatic carbocycles. The fourth-order valence-electron chi connectivity index (χ4n) is 0.855. The molecule has 0 bridgehead atoms. The second kappa shape index (κ2) is 4.23. The molecule has 1 rings (SSSR count). The van der Waals surface area contributed by atoms with Crippen molar-refractivity contribution in [3.05, 3.63) is 35.9 Å². The van der Waals surface area contributed by atoms with E-state index in [0.717, 1.165) is 6.08 Å². The Labute approximate surface area is 80.1 Å². The maximum Gasteiger partial charge on any atom is 0.376 e. The fraction of sp³-hybridized carbons (Fsp3) is 0. The number of carbonyl (C=O) groups excluding carboxylic acids is 1. The number of benzene rings is 1. The molecule has 0 spiro atoms. The van der Waals surface area contributed by atoms with Gasteiger partial charge in [0.15, 0.2) is 0 Å². The first-order chi connectivity index (χ1) is 6.61. The summed E-state index contributed by atoms with van der Waals surface area (Å²) in [5.74, 6) is -2.83. The summed E-state index contributed by atoms with van der Waals surface area (Å²) in [5, 5.41) is 19.3. The van der Waals surface area contributed by atoms with E-state index in [4.69, 9.17) is 5.11 Å². The molecule has 0 saturated heterocycles. The molecular formula is C10H7O4-. The minimum absolute atomic E-state index is 0.248. The molecular weight excluding hydrogens is 184 g/mol. The van der Waals surface area contributed by atoms with E-state index in [1.54, 1.807) is 12.1 Å². The molecule has 0 radical (unpaired) electrons. The van der Waals surface area contributed by atoms with Gasteiger partial charge in [-0.15, -0.1) is 5.75 Å². The van der Waals surface area contributed by atoms with Crippen LogP contribution in [0, 0.1) is 0 Å². The highest BCUT2D eigenvalue weighted by atomic mass is 16.4. The van der Waals surface area contributed by atoms with Gasteiger partial charge in [0.25, 0.3) is 5.78 Å². The number of carbonyl (C=O) groups is 2. The Morgan fingerprint density at radius 2 is 1.93 bits per heavy atom. The average Bonchev–Trinajstić information content (AvgIpc) is 2.16. The van der Waals surface area contributed by atoms with Crippen LogP contribution in [0.3, 0.4) is 0 Å². The highest BCUT2D eigenvalue weighted by Gasteiger charge is 2.05. The second-order valence-electron chi connectivity index (χ2n) is 2.54. The van der Waals surface area contributed by atoms with E-state index in [0.29, 0.717) is 5.56 Å². The van der Waals surface area contributed by atoms with Gasteiger partial charge in [0.2, 0.25) is 0 Å². The van der Waals surface area contributed by atoms with Gasteiger partial charge in [-0.2, -0.15) is 0 Å². The van der Waals surface area contributed by atoms with E-state index in [2.05, 4.69) is 0 Å². The van der Waals surface area contributed by atoms with E-state index >= 15 is 0 Å². The van der Waals surface area contributed by atoms with Crippen LogP contribution >= 0.6 is 0 Å². The lowest BCUT2D eigenvalue weighted by Gasteiger charge is -2.07. The SMILES string of the molecule is O=C(O)C(=O)/C=C/c1ccccc1[O-]. The average molecular weight is 191 g/mol. The van der Waals surface area contributed by atoms with Crippen LogP contribution < -0.4 is 5.11 Å². The van der Waals surface area contributed by atoms with Crippen molar-refractivity contribution in [2.24, 2.45) is 0 Å². The van der Waals surface area contributed by atoms with Crippen molar-refractivity contribution in [3.8, 4) is 5.75 Å². The fourth-order valence-corrected chi connectivity index (χ4v) is 0.855. The summed E-state index contributed by atoms with van der Waals surface area (Å²) in [7, 11) is 0. The normalized spacial score (nSPS) is 10.3. The van der Waals surface area contributed by atoms with Crippen LogP contribution in [0.2, 0.25) is 0 Å². The lowest BCUT2D eigenvalue weighted by Crippen LogP contribution is -2.08. The predicted octanol–water partition coefficient (Wildman–Crippen LogP) is 0.427. The number of para-hydroxylation sites is 1. The van der Waals surface area contributed by atoms with Crippen LogP contribution in [-0.2, 0) is 9.59 Å². The summed E-state index contributed by atoms with van der Waals surface area (Å²) in [4.78, 5) is 20.8. The molecule has 0 amide bonds. The van der Waals surface area contributed by atoms with Crippen LogP contribution in [0.4, 0.5) is 0 Å². The third-order valence-corrected chi connectivity index (χ3v) is 1.54. The molecule has 1 aromatic carbocycles. The molecule has 0 saturated carbocycles. The third-order valence-electron chi connectivity index (χ3n) is 1.54. The zero-order valence-electron chi connectivity index (χ0n) is 7.14. The van der Waals surface area contributed by atoms with Gasteiger partial charge in [-0.3, -0.25) is 4.79 Å². The number of carboxylic acids is 1. The van der Waals surface area contributed by atoms with E-state index in [1.807, 2.05) is 0 Å². The van der Waals surface area contributed by atoms with Crippen LogP contribution in [0.5, 0.6) is 5.75 Å². The largest absolute Gasteiger partial charge is 0.872 e. The van der Waals surface area contributed by atoms with Gasteiger partial charge >= 0.3 is 5.97 Å². The summed E-state index contributed by atoms with van der Waals surface area (Å²) < 4.78 is 0. The molecule has 72 valence electrons. The lowest BCUT2D eigenvalue weighted by atomic mass is 10.2. The molecule has 0 aliphatic rings. The van der Waals surface area contributed by atoms with Gasteiger partial charge in [0, 0.05) is 0 Å². The summed E-state index contributed by atoms with van der Waals surface area (Å²) >= 11 is 0. The van der Waals surface area contributed by atoms with Crippen LogP contribution in [0.15, 0.2) is 30.3 Å². The Balaban J connectivity index is 2.84. The number of hydrogen-bond donors (Lipinski definition) is 1. The van der Waals surface area contributed by atoms with Crippen molar-refractivity contribution in [1.29, 1.82) is 0 Å².